The third kappa shape index (κ3) is 4.12. The predicted octanol–water partition coefficient (Wildman–Crippen LogP) is 4.62. The summed E-state index contributed by atoms with van der Waals surface area (Å²) >= 11 is 7.46. The second-order valence-electron chi connectivity index (χ2n) is 6.48. The lowest BCUT2D eigenvalue weighted by Gasteiger charge is -2.27. The number of thiophene rings is 1. The third-order valence-electron chi connectivity index (χ3n) is 4.71. The maximum absolute atomic E-state index is 5.68. The summed E-state index contributed by atoms with van der Waals surface area (Å²) in [6, 6.07) is 20.9. The standard InChI is InChI=1S/C21H22N4S2/c26-21-24-19(17-10-4-5-12-23-17)20(18-11-6-15-27-18)25(21)14-7-13-22-16-8-2-1-3-9-16/h1-6,8-12,15,19-20,22H,7,13-14H2,(H,24,26)/t19-,20+/m1/s1. The first-order valence-corrected chi connectivity index (χ1v) is 10.4. The molecule has 1 fully saturated rings. The Kier molecular flexibility index (Phi) is 5.65. The second kappa shape index (κ2) is 8.50. The van der Waals surface area contributed by atoms with Gasteiger partial charge in [-0.05, 0) is 54.4 Å². The number of para-hydroxylation sites is 1. The maximum Gasteiger partial charge on any atom is 0.170 e. The van der Waals surface area contributed by atoms with Gasteiger partial charge in [0, 0.05) is 29.9 Å². The molecule has 1 aromatic carbocycles. The van der Waals surface area contributed by atoms with E-state index >= 15 is 0 Å². The van der Waals surface area contributed by atoms with Gasteiger partial charge in [-0.15, -0.1) is 11.3 Å². The van der Waals surface area contributed by atoms with Gasteiger partial charge in [-0.2, -0.15) is 0 Å². The first-order valence-electron chi connectivity index (χ1n) is 9.13. The van der Waals surface area contributed by atoms with Crippen LogP contribution in [0.25, 0.3) is 0 Å². The van der Waals surface area contributed by atoms with Crippen molar-refractivity contribution in [1.82, 2.24) is 15.2 Å². The van der Waals surface area contributed by atoms with Crippen molar-refractivity contribution in [3.8, 4) is 0 Å². The smallest absolute Gasteiger partial charge is 0.170 e. The number of hydrogen-bond donors (Lipinski definition) is 2. The van der Waals surface area contributed by atoms with E-state index in [9.17, 15) is 0 Å². The molecule has 3 aromatic rings. The summed E-state index contributed by atoms with van der Waals surface area (Å²) in [4.78, 5) is 8.20. The Hall–Kier alpha value is -2.44. The minimum Gasteiger partial charge on any atom is -0.385 e. The van der Waals surface area contributed by atoms with Crippen LogP contribution in [0, 0.1) is 0 Å². The molecule has 2 N–H and O–H groups in total. The Labute approximate surface area is 169 Å². The van der Waals surface area contributed by atoms with E-state index in [-0.39, 0.29) is 12.1 Å². The van der Waals surface area contributed by atoms with E-state index in [1.165, 1.54) is 4.88 Å². The van der Waals surface area contributed by atoms with Crippen molar-refractivity contribution in [1.29, 1.82) is 0 Å². The number of pyridine rings is 1. The molecule has 0 spiro atoms. The summed E-state index contributed by atoms with van der Waals surface area (Å²) in [5.41, 5.74) is 2.18. The zero-order valence-corrected chi connectivity index (χ0v) is 16.5. The van der Waals surface area contributed by atoms with Crippen LogP contribution in [0.4, 0.5) is 5.69 Å². The molecular weight excluding hydrogens is 372 g/mol. The summed E-state index contributed by atoms with van der Waals surface area (Å²) in [5, 5.41) is 9.91. The van der Waals surface area contributed by atoms with Crippen molar-refractivity contribution in [2.24, 2.45) is 0 Å². The monoisotopic (exact) mass is 394 g/mol. The van der Waals surface area contributed by atoms with Gasteiger partial charge in [0.1, 0.15) is 0 Å². The number of rotatable bonds is 7. The molecule has 4 nitrogen and oxygen atoms in total. The number of anilines is 1. The van der Waals surface area contributed by atoms with E-state index < -0.39 is 0 Å². The fourth-order valence-electron chi connectivity index (χ4n) is 3.45. The van der Waals surface area contributed by atoms with Crippen LogP contribution >= 0.6 is 23.6 Å². The van der Waals surface area contributed by atoms with Crippen LogP contribution in [0.3, 0.4) is 0 Å². The van der Waals surface area contributed by atoms with Gasteiger partial charge in [-0.3, -0.25) is 4.98 Å². The van der Waals surface area contributed by atoms with Gasteiger partial charge in [-0.25, -0.2) is 0 Å². The molecule has 0 bridgehead atoms. The summed E-state index contributed by atoms with van der Waals surface area (Å²) in [6.45, 7) is 1.81. The Morgan fingerprint density at radius 3 is 2.67 bits per heavy atom. The number of benzene rings is 1. The van der Waals surface area contributed by atoms with Gasteiger partial charge in [0.2, 0.25) is 0 Å². The van der Waals surface area contributed by atoms with Gasteiger partial charge < -0.3 is 15.5 Å². The van der Waals surface area contributed by atoms with Crippen molar-refractivity contribution in [2.45, 2.75) is 18.5 Å². The van der Waals surface area contributed by atoms with Crippen molar-refractivity contribution >= 4 is 34.4 Å². The van der Waals surface area contributed by atoms with E-state index in [4.69, 9.17) is 12.2 Å². The number of aromatic nitrogens is 1. The Morgan fingerprint density at radius 2 is 1.93 bits per heavy atom. The molecule has 27 heavy (non-hydrogen) atoms. The number of nitrogens with zero attached hydrogens (tertiary/aromatic N) is 2. The zero-order chi connectivity index (χ0) is 18.5. The Balaban J connectivity index is 1.46. The molecule has 138 valence electrons. The van der Waals surface area contributed by atoms with E-state index in [1.807, 2.05) is 36.5 Å². The quantitative estimate of drug-likeness (QED) is 0.452. The minimum absolute atomic E-state index is 0.0828. The highest BCUT2D eigenvalue weighted by Gasteiger charge is 2.39. The average Bonchev–Trinajstić information content (AvgIpc) is 3.35. The lowest BCUT2D eigenvalue weighted by Crippen LogP contribution is -2.31. The molecule has 2 aromatic heterocycles. The number of hydrogen-bond acceptors (Lipinski definition) is 4. The topological polar surface area (TPSA) is 40.2 Å². The molecule has 0 radical (unpaired) electrons. The Morgan fingerprint density at radius 1 is 1.07 bits per heavy atom. The van der Waals surface area contributed by atoms with Crippen LogP contribution < -0.4 is 10.6 Å². The molecule has 3 heterocycles. The van der Waals surface area contributed by atoms with Crippen molar-refractivity contribution in [3.05, 3.63) is 82.8 Å². The lowest BCUT2D eigenvalue weighted by atomic mass is 10.0. The van der Waals surface area contributed by atoms with E-state index in [0.29, 0.717) is 0 Å². The van der Waals surface area contributed by atoms with E-state index in [1.54, 1.807) is 11.3 Å². The van der Waals surface area contributed by atoms with Gasteiger partial charge in [-0.1, -0.05) is 30.3 Å². The molecule has 1 aliphatic heterocycles. The molecule has 1 aliphatic rings. The molecular formula is C21H22N4S2. The van der Waals surface area contributed by atoms with E-state index in [2.05, 4.69) is 56.2 Å². The van der Waals surface area contributed by atoms with Gasteiger partial charge in [0.15, 0.2) is 5.11 Å². The average molecular weight is 395 g/mol. The number of thiocarbonyl (C=S) groups is 1. The molecule has 0 amide bonds. The third-order valence-corrected chi connectivity index (χ3v) is 6.01. The molecule has 4 rings (SSSR count). The molecule has 0 unspecified atom stereocenters. The first kappa shape index (κ1) is 17.9. The first-order chi connectivity index (χ1) is 13.3. The predicted molar refractivity (Wildman–Crippen MR) is 116 cm³/mol. The highest BCUT2D eigenvalue weighted by molar-refractivity contribution is 7.80. The summed E-state index contributed by atoms with van der Waals surface area (Å²) in [6.07, 6.45) is 2.85. The largest absolute Gasteiger partial charge is 0.385 e. The maximum atomic E-state index is 5.68. The second-order valence-corrected chi connectivity index (χ2v) is 7.85. The van der Waals surface area contributed by atoms with Gasteiger partial charge >= 0.3 is 0 Å². The van der Waals surface area contributed by atoms with Gasteiger partial charge in [0.05, 0.1) is 17.8 Å². The van der Waals surface area contributed by atoms with E-state index in [0.717, 1.165) is 36.0 Å². The fourth-order valence-corrected chi connectivity index (χ4v) is 4.66. The van der Waals surface area contributed by atoms with Crippen LogP contribution in [0.15, 0.2) is 72.2 Å². The molecule has 0 aliphatic carbocycles. The molecule has 2 atom stereocenters. The van der Waals surface area contributed by atoms with Crippen LogP contribution in [0.2, 0.25) is 0 Å². The van der Waals surface area contributed by atoms with Crippen molar-refractivity contribution < 1.29 is 0 Å². The molecule has 1 saturated heterocycles. The molecule has 6 heteroatoms. The highest BCUT2D eigenvalue weighted by Crippen LogP contribution is 2.40. The SMILES string of the molecule is S=C1N[C@H](c2ccccn2)[C@H](c2cccs2)N1CCCNc1ccccc1. The Bertz CT molecular complexity index is 852. The zero-order valence-electron chi connectivity index (χ0n) is 14.9. The summed E-state index contributed by atoms with van der Waals surface area (Å²) in [5.74, 6) is 0. The summed E-state index contributed by atoms with van der Waals surface area (Å²) < 4.78 is 0. The van der Waals surface area contributed by atoms with Crippen LogP contribution in [0.5, 0.6) is 0 Å². The number of nitrogens with one attached hydrogen (secondary N) is 2. The normalized spacial score (nSPS) is 19.1. The molecule has 0 saturated carbocycles. The van der Waals surface area contributed by atoms with Crippen LogP contribution in [-0.2, 0) is 0 Å². The van der Waals surface area contributed by atoms with Gasteiger partial charge in [0.25, 0.3) is 0 Å². The minimum atomic E-state index is 0.0828. The van der Waals surface area contributed by atoms with Crippen LogP contribution in [0.1, 0.15) is 29.1 Å². The van der Waals surface area contributed by atoms with Crippen molar-refractivity contribution in [2.75, 3.05) is 18.4 Å². The fraction of sp³-hybridized carbons (Fsp3) is 0.238. The lowest BCUT2D eigenvalue weighted by molar-refractivity contribution is 0.321. The van der Waals surface area contributed by atoms with Crippen molar-refractivity contribution in [3.63, 3.8) is 0 Å². The summed E-state index contributed by atoms with van der Waals surface area (Å²) in [7, 11) is 0. The highest BCUT2D eigenvalue weighted by atomic mass is 32.1. The van der Waals surface area contributed by atoms with Crippen LogP contribution in [-0.4, -0.2) is 28.1 Å².